The molecule has 106 valence electrons. The summed E-state index contributed by atoms with van der Waals surface area (Å²) < 4.78 is 27.8. The third kappa shape index (κ3) is 3.35. The third-order valence-corrected chi connectivity index (χ3v) is 3.85. The zero-order valence-electron chi connectivity index (χ0n) is 10.6. The summed E-state index contributed by atoms with van der Waals surface area (Å²) in [4.78, 5) is 10.8. The molecule has 8 heteroatoms. The van der Waals surface area contributed by atoms with Crippen molar-refractivity contribution in [2.75, 3.05) is 4.72 Å². The minimum Gasteiger partial charge on any atom is -0.478 e. The Kier molecular flexibility index (Phi) is 3.75. The Bertz CT molecular complexity index is 737. The van der Waals surface area contributed by atoms with Crippen molar-refractivity contribution in [1.29, 1.82) is 0 Å². The normalized spacial score (nSPS) is 11.2. The zero-order valence-corrected chi connectivity index (χ0v) is 11.5. The van der Waals surface area contributed by atoms with Crippen LogP contribution in [0.4, 0.5) is 5.82 Å². The predicted octanol–water partition coefficient (Wildman–Crippen LogP) is 1.06. The first-order chi connectivity index (χ1) is 9.37. The van der Waals surface area contributed by atoms with E-state index < -0.39 is 16.0 Å². The van der Waals surface area contributed by atoms with Gasteiger partial charge in [0.15, 0.2) is 0 Å². The minimum absolute atomic E-state index is 0.0539. The molecule has 0 aliphatic carbocycles. The van der Waals surface area contributed by atoms with Crippen LogP contribution in [0.2, 0.25) is 0 Å². The van der Waals surface area contributed by atoms with Gasteiger partial charge in [-0.25, -0.2) is 13.2 Å². The number of sulfonamides is 1. The van der Waals surface area contributed by atoms with Crippen LogP contribution in [0, 0.1) is 0 Å². The van der Waals surface area contributed by atoms with Gasteiger partial charge in [-0.2, -0.15) is 5.10 Å². The van der Waals surface area contributed by atoms with E-state index in [9.17, 15) is 13.2 Å². The van der Waals surface area contributed by atoms with Gasteiger partial charge in [0.1, 0.15) is 5.82 Å². The molecule has 1 heterocycles. The maximum absolute atomic E-state index is 12.0. The standard InChI is InChI=1S/C12H13N3O4S/c1-15-11(5-6-13-15)14-20(18,19)8-9-3-2-4-10(7-9)12(16)17/h2-7,14H,8H2,1H3,(H,16,17). The van der Waals surface area contributed by atoms with Crippen molar-refractivity contribution in [3.8, 4) is 0 Å². The molecule has 0 bridgehead atoms. The number of aromatic nitrogens is 2. The predicted molar refractivity (Wildman–Crippen MR) is 72.9 cm³/mol. The summed E-state index contributed by atoms with van der Waals surface area (Å²) in [6, 6.07) is 7.36. The van der Waals surface area contributed by atoms with Gasteiger partial charge in [0.2, 0.25) is 10.0 Å². The first kappa shape index (κ1) is 14.1. The van der Waals surface area contributed by atoms with Gasteiger partial charge in [0.25, 0.3) is 0 Å². The van der Waals surface area contributed by atoms with Crippen molar-refractivity contribution in [3.05, 3.63) is 47.7 Å². The molecule has 2 rings (SSSR count). The Morgan fingerprint density at radius 3 is 2.75 bits per heavy atom. The number of hydrogen-bond acceptors (Lipinski definition) is 4. The van der Waals surface area contributed by atoms with Gasteiger partial charge >= 0.3 is 5.97 Å². The van der Waals surface area contributed by atoms with Crippen molar-refractivity contribution in [3.63, 3.8) is 0 Å². The average molecular weight is 295 g/mol. The van der Waals surface area contributed by atoms with E-state index >= 15 is 0 Å². The lowest BCUT2D eigenvalue weighted by Crippen LogP contribution is -2.17. The van der Waals surface area contributed by atoms with E-state index in [1.54, 1.807) is 13.1 Å². The Morgan fingerprint density at radius 2 is 2.15 bits per heavy atom. The SMILES string of the molecule is Cn1nccc1NS(=O)(=O)Cc1cccc(C(=O)O)c1. The van der Waals surface area contributed by atoms with E-state index in [0.29, 0.717) is 11.4 Å². The molecule has 0 spiro atoms. The molecule has 2 aromatic rings. The first-order valence-electron chi connectivity index (χ1n) is 5.68. The van der Waals surface area contributed by atoms with Crippen molar-refractivity contribution in [2.24, 2.45) is 7.05 Å². The number of aromatic carboxylic acids is 1. The summed E-state index contributed by atoms with van der Waals surface area (Å²) >= 11 is 0. The molecular formula is C12H13N3O4S. The first-order valence-corrected chi connectivity index (χ1v) is 7.33. The monoisotopic (exact) mass is 295 g/mol. The van der Waals surface area contributed by atoms with E-state index in [2.05, 4.69) is 9.82 Å². The molecule has 0 atom stereocenters. The number of carboxylic acids is 1. The number of rotatable bonds is 5. The summed E-state index contributed by atoms with van der Waals surface area (Å²) in [6.45, 7) is 0. The van der Waals surface area contributed by atoms with E-state index in [1.807, 2.05) is 0 Å². The van der Waals surface area contributed by atoms with Crippen LogP contribution in [0.5, 0.6) is 0 Å². The molecule has 0 aliphatic heterocycles. The van der Waals surface area contributed by atoms with Crippen LogP contribution < -0.4 is 4.72 Å². The second-order valence-corrected chi connectivity index (χ2v) is 5.93. The highest BCUT2D eigenvalue weighted by Crippen LogP contribution is 2.13. The van der Waals surface area contributed by atoms with Crippen LogP contribution in [-0.2, 0) is 22.8 Å². The fraction of sp³-hybridized carbons (Fsp3) is 0.167. The highest BCUT2D eigenvalue weighted by Gasteiger charge is 2.14. The van der Waals surface area contributed by atoms with Gasteiger partial charge in [-0.15, -0.1) is 0 Å². The molecule has 2 N–H and O–H groups in total. The van der Waals surface area contributed by atoms with Crippen LogP contribution in [-0.4, -0.2) is 29.3 Å². The Labute approximate surface area is 115 Å². The van der Waals surface area contributed by atoms with Crippen molar-refractivity contribution in [1.82, 2.24) is 9.78 Å². The lowest BCUT2D eigenvalue weighted by molar-refractivity contribution is 0.0696. The number of hydrogen-bond donors (Lipinski definition) is 2. The molecule has 0 fully saturated rings. The maximum Gasteiger partial charge on any atom is 0.335 e. The van der Waals surface area contributed by atoms with Crippen LogP contribution in [0.3, 0.4) is 0 Å². The molecule has 0 aliphatic rings. The number of nitrogens with zero attached hydrogens (tertiary/aromatic N) is 2. The molecule has 20 heavy (non-hydrogen) atoms. The summed E-state index contributed by atoms with van der Waals surface area (Å²) in [7, 11) is -2.01. The van der Waals surface area contributed by atoms with Crippen LogP contribution in [0.15, 0.2) is 36.5 Å². The van der Waals surface area contributed by atoms with Crippen LogP contribution >= 0.6 is 0 Å². The molecule has 1 aromatic carbocycles. The zero-order chi connectivity index (χ0) is 14.8. The van der Waals surface area contributed by atoms with Crippen molar-refractivity contribution in [2.45, 2.75) is 5.75 Å². The number of benzene rings is 1. The third-order valence-electron chi connectivity index (χ3n) is 2.61. The van der Waals surface area contributed by atoms with Crippen molar-refractivity contribution < 1.29 is 18.3 Å². The minimum atomic E-state index is -3.63. The highest BCUT2D eigenvalue weighted by atomic mass is 32.2. The topological polar surface area (TPSA) is 101 Å². The summed E-state index contributed by atoms with van der Waals surface area (Å²) in [5.41, 5.74) is 0.456. The molecule has 1 aromatic heterocycles. The molecule has 0 saturated heterocycles. The highest BCUT2D eigenvalue weighted by molar-refractivity contribution is 7.91. The molecule has 0 radical (unpaired) electrons. The summed E-state index contributed by atoms with van der Waals surface area (Å²) in [5.74, 6) is -1.05. The summed E-state index contributed by atoms with van der Waals surface area (Å²) in [6.07, 6.45) is 1.48. The van der Waals surface area contributed by atoms with Crippen LogP contribution in [0.25, 0.3) is 0 Å². The van der Waals surface area contributed by atoms with Gasteiger partial charge in [0, 0.05) is 13.1 Å². The molecule has 0 unspecified atom stereocenters. The fourth-order valence-corrected chi connectivity index (χ4v) is 2.89. The molecule has 0 saturated carbocycles. The summed E-state index contributed by atoms with van der Waals surface area (Å²) in [5, 5.41) is 12.7. The van der Waals surface area contributed by atoms with Gasteiger partial charge in [0.05, 0.1) is 17.5 Å². The Hall–Kier alpha value is -2.35. The number of carbonyl (C=O) groups is 1. The van der Waals surface area contributed by atoms with E-state index in [0.717, 1.165) is 0 Å². The Balaban J connectivity index is 2.18. The van der Waals surface area contributed by atoms with E-state index in [-0.39, 0.29) is 11.3 Å². The van der Waals surface area contributed by atoms with E-state index in [1.165, 1.54) is 35.1 Å². The quantitative estimate of drug-likeness (QED) is 0.859. The van der Waals surface area contributed by atoms with Gasteiger partial charge in [-0.05, 0) is 17.7 Å². The second kappa shape index (κ2) is 5.33. The maximum atomic E-state index is 12.0. The average Bonchev–Trinajstić information content (AvgIpc) is 2.74. The lowest BCUT2D eigenvalue weighted by Gasteiger charge is -2.08. The van der Waals surface area contributed by atoms with Crippen molar-refractivity contribution >= 4 is 21.8 Å². The Morgan fingerprint density at radius 1 is 1.40 bits per heavy atom. The number of anilines is 1. The number of aryl methyl sites for hydroxylation is 1. The fourth-order valence-electron chi connectivity index (χ4n) is 1.68. The molecule has 7 nitrogen and oxygen atoms in total. The lowest BCUT2D eigenvalue weighted by atomic mass is 10.1. The number of nitrogens with one attached hydrogen (secondary N) is 1. The van der Waals surface area contributed by atoms with Gasteiger partial charge < -0.3 is 5.11 Å². The molecule has 0 amide bonds. The number of carboxylic acid groups (broad SMARTS) is 1. The second-order valence-electron chi connectivity index (χ2n) is 4.21. The smallest absolute Gasteiger partial charge is 0.335 e. The van der Waals surface area contributed by atoms with E-state index in [4.69, 9.17) is 5.11 Å². The van der Waals surface area contributed by atoms with Gasteiger partial charge in [-0.3, -0.25) is 9.40 Å². The largest absolute Gasteiger partial charge is 0.478 e. The van der Waals surface area contributed by atoms with Crippen LogP contribution in [0.1, 0.15) is 15.9 Å². The van der Waals surface area contributed by atoms with Gasteiger partial charge in [-0.1, -0.05) is 12.1 Å². The molecular weight excluding hydrogens is 282 g/mol.